The normalized spacial score (nSPS) is 11.4. The summed E-state index contributed by atoms with van der Waals surface area (Å²) < 4.78 is 16.3. The van der Waals surface area contributed by atoms with Gasteiger partial charge in [-0.25, -0.2) is 0 Å². The molecule has 0 aromatic heterocycles. The van der Waals surface area contributed by atoms with E-state index in [2.05, 4.69) is 10.6 Å². The van der Waals surface area contributed by atoms with Crippen molar-refractivity contribution in [2.24, 2.45) is 0 Å². The Bertz CT molecular complexity index is 704. The minimum atomic E-state index is 0.0468. The lowest BCUT2D eigenvalue weighted by Gasteiger charge is -2.19. The van der Waals surface area contributed by atoms with Gasteiger partial charge in [0.05, 0.1) is 25.9 Å². The highest BCUT2D eigenvalue weighted by molar-refractivity contribution is 7.80. The Balaban J connectivity index is 1.85. The Hall–Kier alpha value is -2.47. The molecule has 2 aromatic rings. The van der Waals surface area contributed by atoms with E-state index in [4.69, 9.17) is 26.4 Å². The zero-order valence-corrected chi connectivity index (χ0v) is 15.8. The maximum Gasteiger partial charge on any atom is 0.171 e. The van der Waals surface area contributed by atoms with Gasteiger partial charge in [-0.05, 0) is 50.3 Å². The van der Waals surface area contributed by atoms with E-state index in [1.807, 2.05) is 50.2 Å². The molecule has 6 heteroatoms. The summed E-state index contributed by atoms with van der Waals surface area (Å²) in [7, 11) is 3.22. The van der Waals surface area contributed by atoms with Gasteiger partial charge in [-0.1, -0.05) is 17.7 Å². The first kappa shape index (κ1) is 18.9. The predicted molar refractivity (Wildman–Crippen MR) is 105 cm³/mol. The number of rotatable bonds is 7. The maximum absolute atomic E-state index is 5.76. The van der Waals surface area contributed by atoms with Crippen LogP contribution in [0.4, 0.5) is 5.69 Å². The Morgan fingerprint density at radius 3 is 2.36 bits per heavy atom. The molecule has 0 saturated carbocycles. The minimum Gasteiger partial charge on any atom is -0.497 e. The largest absolute Gasteiger partial charge is 0.497 e. The number of ether oxygens (including phenoxy) is 3. The third kappa shape index (κ3) is 5.83. The van der Waals surface area contributed by atoms with Gasteiger partial charge in [-0.2, -0.15) is 0 Å². The van der Waals surface area contributed by atoms with Crippen LogP contribution in [0.3, 0.4) is 0 Å². The summed E-state index contributed by atoms with van der Waals surface area (Å²) in [5.41, 5.74) is 1.98. The number of hydrogen-bond acceptors (Lipinski definition) is 4. The van der Waals surface area contributed by atoms with Crippen molar-refractivity contribution >= 4 is 23.0 Å². The van der Waals surface area contributed by atoms with Gasteiger partial charge in [0.2, 0.25) is 0 Å². The van der Waals surface area contributed by atoms with Crippen molar-refractivity contribution < 1.29 is 14.2 Å². The van der Waals surface area contributed by atoms with Crippen LogP contribution < -0.4 is 24.8 Å². The fourth-order valence-electron chi connectivity index (χ4n) is 2.18. The standard InChI is InChI=1S/C19H24N2O3S/c1-13-5-7-15(8-6-13)24-12-14(2)20-19(25)21-17-10-9-16(22-3)11-18(17)23-4/h5-11,14H,12H2,1-4H3,(H2,20,21,25)/t14-/m1/s1. The molecular weight excluding hydrogens is 336 g/mol. The van der Waals surface area contributed by atoms with Crippen LogP contribution in [-0.4, -0.2) is 32.0 Å². The summed E-state index contributed by atoms with van der Waals surface area (Å²) in [6.45, 7) is 4.56. The van der Waals surface area contributed by atoms with E-state index in [0.29, 0.717) is 17.5 Å². The first-order valence-electron chi connectivity index (χ1n) is 8.01. The fourth-order valence-corrected chi connectivity index (χ4v) is 2.49. The molecule has 2 rings (SSSR count). The van der Waals surface area contributed by atoms with Crippen molar-refractivity contribution in [3.05, 3.63) is 48.0 Å². The number of benzene rings is 2. The number of aryl methyl sites for hydroxylation is 1. The lowest BCUT2D eigenvalue weighted by molar-refractivity contribution is 0.287. The molecule has 0 fully saturated rings. The first-order valence-corrected chi connectivity index (χ1v) is 8.41. The molecule has 0 radical (unpaired) electrons. The van der Waals surface area contributed by atoms with E-state index in [-0.39, 0.29) is 6.04 Å². The molecule has 0 heterocycles. The Morgan fingerprint density at radius 2 is 1.72 bits per heavy atom. The molecule has 2 aromatic carbocycles. The van der Waals surface area contributed by atoms with Gasteiger partial charge in [0, 0.05) is 6.07 Å². The third-order valence-electron chi connectivity index (χ3n) is 3.56. The number of anilines is 1. The number of methoxy groups -OCH3 is 2. The molecule has 0 aliphatic carbocycles. The van der Waals surface area contributed by atoms with Crippen molar-refractivity contribution in [3.63, 3.8) is 0 Å². The molecule has 0 saturated heterocycles. The van der Waals surface area contributed by atoms with E-state index in [1.165, 1.54) is 5.56 Å². The van der Waals surface area contributed by atoms with Crippen molar-refractivity contribution in [1.82, 2.24) is 5.32 Å². The second-order valence-electron chi connectivity index (χ2n) is 5.69. The third-order valence-corrected chi connectivity index (χ3v) is 3.78. The van der Waals surface area contributed by atoms with Crippen LogP contribution in [0.2, 0.25) is 0 Å². The van der Waals surface area contributed by atoms with Crippen LogP contribution in [0.25, 0.3) is 0 Å². The molecule has 0 aliphatic rings. The predicted octanol–water partition coefficient (Wildman–Crippen LogP) is 3.77. The highest BCUT2D eigenvalue weighted by Crippen LogP contribution is 2.28. The summed E-state index contributed by atoms with van der Waals surface area (Å²) in [6.07, 6.45) is 0. The highest BCUT2D eigenvalue weighted by Gasteiger charge is 2.09. The second-order valence-corrected chi connectivity index (χ2v) is 6.10. The van der Waals surface area contributed by atoms with Crippen molar-refractivity contribution in [1.29, 1.82) is 0 Å². The van der Waals surface area contributed by atoms with Crippen LogP contribution in [0.5, 0.6) is 17.2 Å². The minimum absolute atomic E-state index is 0.0468. The quantitative estimate of drug-likeness (QED) is 0.733. The van der Waals surface area contributed by atoms with E-state index >= 15 is 0 Å². The molecule has 25 heavy (non-hydrogen) atoms. The molecule has 1 atom stereocenters. The summed E-state index contributed by atoms with van der Waals surface area (Å²) >= 11 is 5.36. The van der Waals surface area contributed by atoms with Crippen LogP contribution >= 0.6 is 12.2 Å². The highest BCUT2D eigenvalue weighted by atomic mass is 32.1. The van der Waals surface area contributed by atoms with E-state index in [1.54, 1.807) is 20.3 Å². The van der Waals surface area contributed by atoms with Crippen LogP contribution in [0, 0.1) is 6.92 Å². The van der Waals surface area contributed by atoms with Crippen molar-refractivity contribution in [3.8, 4) is 17.2 Å². The molecule has 0 bridgehead atoms. The second kappa shape index (κ2) is 9.13. The summed E-state index contributed by atoms with van der Waals surface area (Å²) in [5, 5.41) is 6.84. The van der Waals surface area contributed by atoms with Gasteiger partial charge in [0.15, 0.2) is 5.11 Å². The molecule has 0 spiro atoms. The molecule has 0 aliphatic heterocycles. The first-order chi connectivity index (χ1) is 12.0. The Labute approximate surface area is 154 Å². The summed E-state index contributed by atoms with van der Waals surface area (Å²) in [5.74, 6) is 2.23. The maximum atomic E-state index is 5.76. The molecule has 0 unspecified atom stereocenters. The molecule has 0 amide bonds. The number of hydrogen-bond donors (Lipinski definition) is 2. The Kier molecular flexibility index (Phi) is 6.89. The van der Waals surface area contributed by atoms with Gasteiger partial charge in [0.1, 0.15) is 23.9 Å². The summed E-state index contributed by atoms with van der Waals surface area (Å²) in [4.78, 5) is 0. The average molecular weight is 360 g/mol. The topological polar surface area (TPSA) is 51.8 Å². The van der Waals surface area contributed by atoms with Crippen LogP contribution in [-0.2, 0) is 0 Å². The van der Waals surface area contributed by atoms with Crippen LogP contribution in [0.1, 0.15) is 12.5 Å². The van der Waals surface area contributed by atoms with Gasteiger partial charge in [-0.15, -0.1) is 0 Å². The lowest BCUT2D eigenvalue weighted by atomic mass is 10.2. The zero-order valence-electron chi connectivity index (χ0n) is 15.0. The molecular formula is C19H24N2O3S. The van der Waals surface area contributed by atoms with Gasteiger partial charge in [0.25, 0.3) is 0 Å². The van der Waals surface area contributed by atoms with E-state index in [0.717, 1.165) is 17.2 Å². The number of thiocarbonyl (C=S) groups is 1. The van der Waals surface area contributed by atoms with Gasteiger partial charge < -0.3 is 24.8 Å². The van der Waals surface area contributed by atoms with Crippen LogP contribution in [0.15, 0.2) is 42.5 Å². The van der Waals surface area contributed by atoms with E-state index < -0.39 is 0 Å². The fraction of sp³-hybridized carbons (Fsp3) is 0.316. The van der Waals surface area contributed by atoms with Crippen molar-refractivity contribution in [2.45, 2.75) is 19.9 Å². The molecule has 134 valence electrons. The monoisotopic (exact) mass is 360 g/mol. The average Bonchev–Trinajstić information content (AvgIpc) is 2.61. The molecule has 5 nitrogen and oxygen atoms in total. The summed E-state index contributed by atoms with van der Waals surface area (Å²) in [6, 6.07) is 13.5. The van der Waals surface area contributed by atoms with E-state index in [9.17, 15) is 0 Å². The zero-order chi connectivity index (χ0) is 18.2. The molecule has 2 N–H and O–H groups in total. The SMILES string of the molecule is COc1ccc(NC(=S)N[C@H](C)COc2ccc(C)cc2)c(OC)c1. The number of nitrogens with one attached hydrogen (secondary N) is 2. The Morgan fingerprint density at radius 1 is 1.04 bits per heavy atom. The smallest absolute Gasteiger partial charge is 0.171 e. The van der Waals surface area contributed by atoms with Gasteiger partial charge >= 0.3 is 0 Å². The van der Waals surface area contributed by atoms with Gasteiger partial charge in [-0.3, -0.25) is 0 Å². The lowest BCUT2D eigenvalue weighted by Crippen LogP contribution is -2.39. The van der Waals surface area contributed by atoms with Crippen molar-refractivity contribution in [2.75, 3.05) is 26.1 Å².